The van der Waals surface area contributed by atoms with Gasteiger partial charge >= 0.3 is 7.12 Å². The first kappa shape index (κ1) is 10.9. The highest BCUT2D eigenvalue weighted by atomic mass is 16.6. The highest BCUT2D eigenvalue weighted by Crippen LogP contribution is 2.19. The molecule has 0 amide bonds. The fraction of sp³-hybridized carbons (Fsp3) is 0.700. The Morgan fingerprint density at radius 1 is 1.20 bits per heavy atom. The van der Waals surface area contributed by atoms with Gasteiger partial charge in [0.1, 0.15) is 0 Å². The predicted octanol–water partition coefficient (Wildman–Crippen LogP) is 0.330. The Bertz CT molecular complexity index is 259. The number of nitrogens with one attached hydrogen (secondary N) is 1. The van der Waals surface area contributed by atoms with Gasteiger partial charge in [0, 0.05) is 32.7 Å². The van der Waals surface area contributed by atoms with Crippen molar-refractivity contribution in [2.75, 3.05) is 26.3 Å². The number of carbonyl (C=O) groups excluding carboxylic acids is 1. The van der Waals surface area contributed by atoms with E-state index in [2.05, 4.69) is 5.32 Å². The maximum Gasteiger partial charge on any atom is 0.489 e. The Balaban J connectivity index is 1.97. The molecule has 0 radical (unpaired) electrons. The molecule has 1 N–H and O–H groups in total. The molecule has 2 rings (SSSR count). The second-order valence-corrected chi connectivity index (χ2v) is 3.86. The van der Waals surface area contributed by atoms with Crippen LogP contribution in [0.2, 0.25) is 0 Å². The second kappa shape index (κ2) is 5.44. The van der Waals surface area contributed by atoms with Crippen molar-refractivity contribution >= 4 is 12.9 Å². The summed E-state index contributed by atoms with van der Waals surface area (Å²) in [5, 5.41) is 3.18. The molecule has 0 unspecified atom stereocenters. The van der Waals surface area contributed by atoms with E-state index in [1.54, 1.807) is 6.08 Å². The molecule has 4 nitrogen and oxygen atoms in total. The van der Waals surface area contributed by atoms with Crippen LogP contribution in [0.1, 0.15) is 19.3 Å². The largest absolute Gasteiger partial charge is 0.489 e. The summed E-state index contributed by atoms with van der Waals surface area (Å²) >= 11 is 0. The smallest absolute Gasteiger partial charge is 0.406 e. The molecule has 0 saturated carbocycles. The molecule has 5 heteroatoms. The average molecular weight is 209 g/mol. The number of hydrogen-bond acceptors (Lipinski definition) is 4. The van der Waals surface area contributed by atoms with Gasteiger partial charge in [-0.3, -0.25) is 4.79 Å². The van der Waals surface area contributed by atoms with Gasteiger partial charge in [-0.15, -0.1) is 0 Å². The Kier molecular flexibility index (Phi) is 3.94. The lowest BCUT2D eigenvalue weighted by Crippen LogP contribution is -2.37. The van der Waals surface area contributed by atoms with Crippen LogP contribution < -0.4 is 5.32 Å². The quantitative estimate of drug-likeness (QED) is 0.632. The fourth-order valence-corrected chi connectivity index (χ4v) is 1.87. The maximum absolute atomic E-state index is 11.3. The van der Waals surface area contributed by atoms with Gasteiger partial charge in [0.2, 0.25) is 0 Å². The molecule has 0 aromatic rings. The number of hydrogen-bond donors (Lipinski definition) is 1. The van der Waals surface area contributed by atoms with Gasteiger partial charge in [-0.2, -0.15) is 0 Å². The third-order valence-corrected chi connectivity index (χ3v) is 2.63. The van der Waals surface area contributed by atoms with Gasteiger partial charge in [0.05, 0.1) is 0 Å². The van der Waals surface area contributed by atoms with E-state index in [1.165, 1.54) is 0 Å². The van der Waals surface area contributed by atoms with E-state index in [9.17, 15) is 4.79 Å². The van der Waals surface area contributed by atoms with Crippen molar-refractivity contribution in [3.63, 3.8) is 0 Å². The number of carbonyl (C=O) groups is 1. The summed E-state index contributed by atoms with van der Waals surface area (Å²) in [7, 11) is -0.295. The molecule has 2 aliphatic rings. The number of rotatable bonds is 1. The highest BCUT2D eigenvalue weighted by Gasteiger charge is 2.27. The van der Waals surface area contributed by atoms with Crippen molar-refractivity contribution in [3.8, 4) is 0 Å². The zero-order valence-electron chi connectivity index (χ0n) is 8.83. The SMILES string of the molecule is O=C1C=C(B2OCCNCCO2)CCC1. The van der Waals surface area contributed by atoms with E-state index in [1.807, 2.05) is 0 Å². The predicted molar refractivity (Wildman–Crippen MR) is 57.5 cm³/mol. The second-order valence-electron chi connectivity index (χ2n) is 3.86. The van der Waals surface area contributed by atoms with E-state index < -0.39 is 0 Å². The maximum atomic E-state index is 11.3. The summed E-state index contributed by atoms with van der Waals surface area (Å²) in [6.45, 7) is 2.97. The lowest BCUT2D eigenvalue weighted by atomic mass is 9.72. The Morgan fingerprint density at radius 2 is 1.93 bits per heavy atom. The molecule has 1 fully saturated rings. The van der Waals surface area contributed by atoms with Gasteiger partial charge < -0.3 is 14.6 Å². The fourth-order valence-electron chi connectivity index (χ4n) is 1.87. The Labute approximate surface area is 90.2 Å². The van der Waals surface area contributed by atoms with Crippen LogP contribution in [0.15, 0.2) is 11.5 Å². The minimum absolute atomic E-state index is 0.198. The van der Waals surface area contributed by atoms with Crippen molar-refractivity contribution in [1.29, 1.82) is 0 Å². The molecule has 1 heterocycles. The first-order valence-electron chi connectivity index (χ1n) is 5.53. The lowest BCUT2D eigenvalue weighted by Gasteiger charge is -2.22. The van der Waals surface area contributed by atoms with Gasteiger partial charge in [-0.05, 0) is 24.4 Å². The molecule has 82 valence electrons. The summed E-state index contributed by atoms with van der Waals surface area (Å²) in [4.78, 5) is 11.3. The highest BCUT2D eigenvalue weighted by molar-refractivity contribution is 6.54. The lowest BCUT2D eigenvalue weighted by molar-refractivity contribution is -0.115. The summed E-state index contributed by atoms with van der Waals surface area (Å²) < 4.78 is 11.1. The molecule has 1 aliphatic heterocycles. The van der Waals surface area contributed by atoms with Crippen LogP contribution in [0.4, 0.5) is 0 Å². The van der Waals surface area contributed by atoms with Crippen molar-refractivity contribution in [2.45, 2.75) is 19.3 Å². The molecule has 15 heavy (non-hydrogen) atoms. The molecule has 0 atom stereocenters. The number of ketones is 1. The van der Waals surface area contributed by atoms with Gasteiger partial charge in [-0.1, -0.05) is 0 Å². The van der Waals surface area contributed by atoms with Crippen LogP contribution >= 0.6 is 0 Å². The molecule has 0 aromatic carbocycles. The Morgan fingerprint density at radius 3 is 2.60 bits per heavy atom. The third kappa shape index (κ3) is 3.16. The van der Waals surface area contributed by atoms with E-state index in [0.717, 1.165) is 31.4 Å². The van der Waals surface area contributed by atoms with Crippen LogP contribution in [0.3, 0.4) is 0 Å². The van der Waals surface area contributed by atoms with Gasteiger partial charge in [-0.25, -0.2) is 0 Å². The zero-order chi connectivity index (χ0) is 10.5. The van der Waals surface area contributed by atoms with Crippen molar-refractivity contribution in [3.05, 3.63) is 11.5 Å². The molecule has 1 aliphatic carbocycles. The van der Waals surface area contributed by atoms with E-state index >= 15 is 0 Å². The minimum Gasteiger partial charge on any atom is -0.406 e. The standard InChI is InChI=1S/C10H16BNO3/c13-10-3-1-2-9(8-10)11-14-6-4-12-5-7-15-11/h8,12H,1-7H2. The van der Waals surface area contributed by atoms with Crippen molar-refractivity contribution in [2.24, 2.45) is 0 Å². The molecular formula is C10H16BNO3. The molecule has 0 bridgehead atoms. The summed E-state index contributed by atoms with van der Waals surface area (Å²) in [5.41, 5.74) is 1.01. The van der Waals surface area contributed by atoms with Gasteiger partial charge in [0.25, 0.3) is 0 Å². The molecular weight excluding hydrogens is 193 g/mol. The minimum atomic E-state index is -0.295. The summed E-state index contributed by atoms with van der Waals surface area (Å²) in [6.07, 6.45) is 4.21. The monoisotopic (exact) mass is 209 g/mol. The number of allylic oxidation sites excluding steroid dienone is 2. The third-order valence-electron chi connectivity index (χ3n) is 2.63. The normalized spacial score (nSPS) is 24.4. The van der Waals surface area contributed by atoms with E-state index in [0.29, 0.717) is 19.6 Å². The molecule has 0 aromatic heterocycles. The van der Waals surface area contributed by atoms with Crippen LogP contribution in [0, 0.1) is 0 Å². The topological polar surface area (TPSA) is 47.6 Å². The molecule has 0 spiro atoms. The van der Waals surface area contributed by atoms with Crippen LogP contribution in [0.25, 0.3) is 0 Å². The van der Waals surface area contributed by atoms with Crippen LogP contribution in [-0.4, -0.2) is 39.2 Å². The molecule has 1 saturated heterocycles. The summed E-state index contributed by atoms with van der Waals surface area (Å²) in [5.74, 6) is 0.198. The van der Waals surface area contributed by atoms with Crippen molar-refractivity contribution in [1.82, 2.24) is 5.32 Å². The first-order valence-corrected chi connectivity index (χ1v) is 5.53. The first-order chi connectivity index (χ1) is 7.36. The average Bonchev–Trinajstić information content (AvgIpc) is 2.16. The van der Waals surface area contributed by atoms with Crippen LogP contribution in [0.5, 0.6) is 0 Å². The zero-order valence-corrected chi connectivity index (χ0v) is 8.83. The summed E-state index contributed by atoms with van der Waals surface area (Å²) in [6, 6.07) is 0. The van der Waals surface area contributed by atoms with E-state index in [-0.39, 0.29) is 12.9 Å². The Hall–Kier alpha value is -0.645. The van der Waals surface area contributed by atoms with E-state index in [4.69, 9.17) is 9.31 Å². The van der Waals surface area contributed by atoms with Crippen molar-refractivity contribution < 1.29 is 14.1 Å². The van der Waals surface area contributed by atoms with Crippen LogP contribution in [-0.2, 0) is 14.1 Å². The van der Waals surface area contributed by atoms with Gasteiger partial charge in [0.15, 0.2) is 5.78 Å².